The number of hydrogen-bond donors (Lipinski definition) is 1. The zero-order chi connectivity index (χ0) is 16.6. The highest BCUT2D eigenvalue weighted by Gasteiger charge is 2.15. The lowest BCUT2D eigenvalue weighted by Crippen LogP contribution is -1.85. The van der Waals surface area contributed by atoms with Gasteiger partial charge in [0.15, 0.2) is 0 Å². The molecule has 4 nitrogen and oxygen atoms in total. The van der Waals surface area contributed by atoms with Crippen LogP contribution in [0.5, 0.6) is 0 Å². The number of aromatic amines is 1. The van der Waals surface area contributed by atoms with Gasteiger partial charge in [-0.15, -0.1) is 0 Å². The minimum absolute atomic E-state index is 0.423. The van der Waals surface area contributed by atoms with Gasteiger partial charge in [0.1, 0.15) is 0 Å². The van der Waals surface area contributed by atoms with E-state index < -0.39 is 4.92 Å². The average molecular weight is 368 g/mol. The van der Waals surface area contributed by atoms with Crippen molar-refractivity contribution in [2.75, 3.05) is 0 Å². The maximum absolute atomic E-state index is 10.7. The molecular weight excluding hydrogens is 359 g/mol. The van der Waals surface area contributed by atoms with Crippen molar-refractivity contribution in [1.82, 2.24) is 4.98 Å². The highest BCUT2D eigenvalue weighted by Crippen LogP contribution is 2.37. The van der Waals surface area contributed by atoms with Crippen molar-refractivity contribution in [3.8, 4) is 11.3 Å². The summed E-state index contributed by atoms with van der Waals surface area (Å²) in [4.78, 5) is 13.4. The average Bonchev–Trinajstić information content (AvgIpc) is 2.84. The molecule has 0 fully saturated rings. The fourth-order valence-corrected chi connectivity index (χ4v) is 3.14. The van der Waals surface area contributed by atoms with Crippen LogP contribution in [0.3, 0.4) is 0 Å². The second kappa shape index (κ2) is 6.24. The minimum Gasteiger partial charge on any atom is -0.354 e. The van der Waals surface area contributed by atoms with E-state index >= 15 is 0 Å². The van der Waals surface area contributed by atoms with Gasteiger partial charge in [-0.25, -0.2) is 0 Å². The third-order valence-electron chi connectivity index (χ3n) is 3.35. The molecule has 0 radical (unpaired) electrons. The van der Waals surface area contributed by atoms with Crippen LogP contribution < -0.4 is 0 Å². The third kappa shape index (κ3) is 3.20. The summed E-state index contributed by atoms with van der Waals surface area (Å²) < 4.78 is 0. The van der Waals surface area contributed by atoms with Gasteiger partial charge in [-0.05, 0) is 29.8 Å². The van der Waals surface area contributed by atoms with Crippen molar-refractivity contribution in [3.63, 3.8) is 0 Å². The number of halogens is 3. The number of benzene rings is 2. The summed E-state index contributed by atoms with van der Waals surface area (Å²) in [7, 11) is 0. The second-order valence-electron chi connectivity index (χ2n) is 4.83. The lowest BCUT2D eigenvalue weighted by atomic mass is 10.1. The largest absolute Gasteiger partial charge is 0.354 e. The van der Waals surface area contributed by atoms with Gasteiger partial charge in [0.25, 0.3) is 0 Å². The number of nitro groups is 1. The van der Waals surface area contributed by atoms with Crippen LogP contribution >= 0.6 is 34.8 Å². The van der Waals surface area contributed by atoms with E-state index in [4.69, 9.17) is 34.8 Å². The number of H-pyrrole nitrogens is 1. The maximum atomic E-state index is 10.7. The molecule has 0 aliphatic carbocycles. The molecule has 1 aromatic heterocycles. The van der Waals surface area contributed by atoms with Gasteiger partial charge < -0.3 is 4.98 Å². The van der Waals surface area contributed by atoms with E-state index in [9.17, 15) is 10.1 Å². The number of fused-ring (bicyclic) bond motifs is 1. The Labute approximate surface area is 146 Å². The van der Waals surface area contributed by atoms with Crippen LogP contribution in [-0.2, 0) is 0 Å². The van der Waals surface area contributed by atoms with Crippen LogP contribution in [0.4, 0.5) is 0 Å². The topological polar surface area (TPSA) is 58.9 Å². The molecule has 1 N–H and O–H groups in total. The lowest BCUT2D eigenvalue weighted by Gasteiger charge is -2.01. The molecule has 0 aliphatic heterocycles. The van der Waals surface area contributed by atoms with E-state index in [0.717, 1.165) is 11.8 Å². The number of nitrogens with zero attached hydrogens (tertiary/aromatic N) is 1. The Hall–Kier alpha value is -2.01. The first-order valence-corrected chi connectivity index (χ1v) is 7.67. The first kappa shape index (κ1) is 15.9. The molecule has 0 unspecified atom stereocenters. The Bertz CT molecular complexity index is 931. The molecular formula is C16H9Cl3N2O2. The van der Waals surface area contributed by atoms with Gasteiger partial charge in [-0.1, -0.05) is 46.9 Å². The standard InChI is InChI=1S/C16H9Cl3N2O2/c17-10-3-1-9(2-4-10)16-12(5-6-21(22)23)15-13(19)7-11(18)8-14(15)20-16/h1-8,20H. The van der Waals surface area contributed by atoms with E-state index in [0.29, 0.717) is 37.2 Å². The van der Waals surface area contributed by atoms with E-state index in [1.54, 1.807) is 24.3 Å². The highest BCUT2D eigenvalue weighted by molar-refractivity contribution is 6.39. The van der Waals surface area contributed by atoms with Crippen LogP contribution in [0.25, 0.3) is 28.2 Å². The van der Waals surface area contributed by atoms with Gasteiger partial charge in [-0.2, -0.15) is 0 Å². The van der Waals surface area contributed by atoms with Crippen molar-refractivity contribution >= 4 is 51.8 Å². The number of nitrogens with one attached hydrogen (secondary N) is 1. The molecule has 0 saturated heterocycles. The molecule has 1 heterocycles. The number of rotatable bonds is 3. The Morgan fingerprint density at radius 3 is 2.39 bits per heavy atom. The van der Waals surface area contributed by atoms with Gasteiger partial charge in [0, 0.05) is 32.6 Å². The van der Waals surface area contributed by atoms with E-state index in [2.05, 4.69) is 4.98 Å². The molecule has 23 heavy (non-hydrogen) atoms. The van der Waals surface area contributed by atoms with Crippen molar-refractivity contribution in [1.29, 1.82) is 0 Å². The maximum Gasteiger partial charge on any atom is 0.235 e. The molecule has 3 aromatic rings. The van der Waals surface area contributed by atoms with Crippen LogP contribution in [0.2, 0.25) is 15.1 Å². The van der Waals surface area contributed by atoms with Gasteiger partial charge >= 0.3 is 0 Å². The SMILES string of the molecule is O=[N+]([O-])C=Cc1c(-c2ccc(Cl)cc2)[nH]c2cc(Cl)cc(Cl)c12. The fourth-order valence-electron chi connectivity index (χ4n) is 2.42. The Morgan fingerprint density at radius 2 is 1.74 bits per heavy atom. The summed E-state index contributed by atoms with van der Waals surface area (Å²) in [6.07, 6.45) is 2.30. The van der Waals surface area contributed by atoms with E-state index in [-0.39, 0.29) is 0 Å². The fraction of sp³-hybridized carbons (Fsp3) is 0. The van der Waals surface area contributed by atoms with Gasteiger partial charge in [0.05, 0.1) is 15.6 Å². The molecule has 0 spiro atoms. The molecule has 0 amide bonds. The number of hydrogen-bond acceptors (Lipinski definition) is 2. The summed E-state index contributed by atoms with van der Waals surface area (Å²) in [5.41, 5.74) is 2.87. The second-order valence-corrected chi connectivity index (χ2v) is 6.11. The van der Waals surface area contributed by atoms with Crippen LogP contribution in [-0.4, -0.2) is 9.91 Å². The molecule has 0 aliphatic rings. The highest BCUT2D eigenvalue weighted by atomic mass is 35.5. The summed E-state index contributed by atoms with van der Waals surface area (Å²) >= 11 is 18.2. The molecule has 116 valence electrons. The third-order valence-corrected chi connectivity index (χ3v) is 4.12. The van der Waals surface area contributed by atoms with E-state index in [1.807, 2.05) is 12.1 Å². The monoisotopic (exact) mass is 366 g/mol. The molecule has 0 saturated carbocycles. The van der Waals surface area contributed by atoms with Crippen LogP contribution in [0.15, 0.2) is 42.6 Å². The molecule has 2 aromatic carbocycles. The summed E-state index contributed by atoms with van der Waals surface area (Å²) in [6.45, 7) is 0. The normalized spacial score (nSPS) is 11.4. The molecule has 0 bridgehead atoms. The minimum atomic E-state index is -0.520. The molecule has 0 atom stereocenters. The van der Waals surface area contributed by atoms with Crippen molar-refractivity contribution in [3.05, 3.63) is 73.3 Å². The lowest BCUT2D eigenvalue weighted by molar-refractivity contribution is -0.400. The van der Waals surface area contributed by atoms with Crippen molar-refractivity contribution < 1.29 is 4.92 Å². The smallest absolute Gasteiger partial charge is 0.235 e. The Morgan fingerprint density at radius 1 is 1.04 bits per heavy atom. The predicted molar refractivity (Wildman–Crippen MR) is 94.8 cm³/mol. The van der Waals surface area contributed by atoms with Gasteiger partial charge in [0.2, 0.25) is 6.20 Å². The molecule has 7 heteroatoms. The van der Waals surface area contributed by atoms with Crippen molar-refractivity contribution in [2.45, 2.75) is 0 Å². The summed E-state index contributed by atoms with van der Waals surface area (Å²) in [5.74, 6) is 0. The van der Waals surface area contributed by atoms with E-state index in [1.165, 1.54) is 6.08 Å². The zero-order valence-electron chi connectivity index (χ0n) is 11.5. The number of aromatic nitrogens is 1. The predicted octanol–water partition coefficient (Wildman–Crippen LogP) is 6.04. The summed E-state index contributed by atoms with van der Waals surface area (Å²) in [5, 5.41) is 12.9. The van der Waals surface area contributed by atoms with Crippen LogP contribution in [0, 0.1) is 10.1 Å². The zero-order valence-corrected chi connectivity index (χ0v) is 13.8. The molecule has 3 rings (SSSR count). The quantitative estimate of drug-likeness (QED) is 0.453. The first-order valence-electron chi connectivity index (χ1n) is 6.54. The van der Waals surface area contributed by atoms with Crippen molar-refractivity contribution in [2.24, 2.45) is 0 Å². The Balaban J connectivity index is 2.31. The van der Waals surface area contributed by atoms with Gasteiger partial charge in [-0.3, -0.25) is 10.1 Å². The first-order chi connectivity index (χ1) is 11.0. The summed E-state index contributed by atoms with van der Waals surface area (Å²) in [6, 6.07) is 10.5. The van der Waals surface area contributed by atoms with Crippen LogP contribution in [0.1, 0.15) is 5.56 Å². The Kier molecular flexibility index (Phi) is 4.31.